The fourth-order valence-corrected chi connectivity index (χ4v) is 2.61. The van der Waals surface area contributed by atoms with Gasteiger partial charge >= 0.3 is 0 Å². The van der Waals surface area contributed by atoms with E-state index in [-0.39, 0.29) is 0 Å². The van der Waals surface area contributed by atoms with Crippen molar-refractivity contribution < 1.29 is 4.74 Å². The van der Waals surface area contributed by atoms with Crippen molar-refractivity contribution in [3.63, 3.8) is 0 Å². The maximum atomic E-state index is 6.28. The fraction of sp³-hybridized carbons (Fsp3) is 0.571. The standard InChI is InChI=1S/C14H20ClNO/c15-13-8-4-5-9-14(13)16-10-11-17-12-6-2-1-3-7-12/h1-3,6-7,13-14,16H,4-5,8-11H2. The van der Waals surface area contributed by atoms with E-state index in [1.807, 2.05) is 30.3 Å². The molecule has 94 valence electrons. The van der Waals surface area contributed by atoms with Crippen LogP contribution in [0.5, 0.6) is 5.75 Å². The molecule has 0 saturated heterocycles. The lowest BCUT2D eigenvalue weighted by molar-refractivity contribution is 0.291. The molecule has 1 aromatic rings. The first kappa shape index (κ1) is 12.7. The molecule has 1 aliphatic carbocycles. The molecular formula is C14H20ClNO. The van der Waals surface area contributed by atoms with Gasteiger partial charge in [0.05, 0.1) is 0 Å². The van der Waals surface area contributed by atoms with Gasteiger partial charge in [-0.25, -0.2) is 0 Å². The van der Waals surface area contributed by atoms with Gasteiger partial charge in [-0.3, -0.25) is 0 Å². The van der Waals surface area contributed by atoms with Gasteiger partial charge in [-0.15, -0.1) is 11.6 Å². The number of nitrogens with one attached hydrogen (secondary N) is 1. The van der Waals surface area contributed by atoms with Crippen molar-refractivity contribution in [2.45, 2.75) is 37.1 Å². The van der Waals surface area contributed by atoms with Crippen molar-refractivity contribution in [2.75, 3.05) is 13.2 Å². The first-order valence-electron chi connectivity index (χ1n) is 6.41. The van der Waals surface area contributed by atoms with Crippen LogP contribution in [0.15, 0.2) is 30.3 Å². The Hall–Kier alpha value is -0.730. The Labute approximate surface area is 108 Å². The summed E-state index contributed by atoms with van der Waals surface area (Å²) in [6, 6.07) is 10.4. The van der Waals surface area contributed by atoms with E-state index < -0.39 is 0 Å². The van der Waals surface area contributed by atoms with Crippen LogP contribution in [0, 0.1) is 0 Å². The molecule has 2 atom stereocenters. The largest absolute Gasteiger partial charge is 0.492 e. The summed E-state index contributed by atoms with van der Waals surface area (Å²) in [5.41, 5.74) is 0. The average Bonchev–Trinajstić information content (AvgIpc) is 2.38. The van der Waals surface area contributed by atoms with Crippen molar-refractivity contribution in [3.8, 4) is 5.75 Å². The summed E-state index contributed by atoms with van der Waals surface area (Å²) in [6.45, 7) is 1.56. The molecule has 0 bridgehead atoms. The van der Waals surface area contributed by atoms with Crippen LogP contribution in [0.1, 0.15) is 25.7 Å². The van der Waals surface area contributed by atoms with Crippen molar-refractivity contribution in [3.05, 3.63) is 30.3 Å². The smallest absolute Gasteiger partial charge is 0.119 e. The number of halogens is 1. The second-order valence-electron chi connectivity index (χ2n) is 4.52. The monoisotopic (exact) mass is 253 g/mol. The predicted octanol–water partition coefficient (Wildman–Crippen LogP) is 3.21. The number of alkyl halides is 1. The third kappa shape index (κ3) is 4.21. The minimum Gasteiger partial charge on any atom is -0.492 e. The zero-order valence-corrected chi connectivity index (χ0v) is 10.8. The van der Waals surface area contributed by atoms with Crippen LogP contribution >= 0.6 is 11.6 Å². The van der Waals surface area contributed by atoms with E-state index in [1.165, 1.54) is 19.3 Å². The lowest BCUT2D eigenvalue weighted by Gasteiger charge is -2.27. The van der Waals surface area contributed by atoms with Gasteiger partial charge in [-0.1, -0.05) is 31.0 Å². The summed E-state index contributed by atoms with van der Waals surface area (Å²) >= 11 is 6.28. The average molecular weight is 254 g/mol. The van der Waals surface area contributed by atoms with Gasteiger partial charge in [-0.05, 0) is 25.0 Å². The lowest BCUT2D eigenvalue weighted by atomic mass is 9.95. The Morgan fingerprint density at radius 1 is 1.18 bits per heavy atom. The summed E-state index contributed by atoms with van der Waals surface area (Å²) in [4.78, 5) is 0. The molecule has 0 aromatic heterocycles. The maximum Gasteiger partial charge on any atom is 0.119 e. The minimum atomic E-state index is 0.292. The van der Waals surface area contributed by atoms with E-state index in [0.29, 0.717) is 18.0 Å². The quantitative estimate of drug-likeness (QED) is 0.643. The molecule has 1 fully saturated rings. The van der Waals surface area contributed by atoms with Crippen LogP contribution < -0.4 is 10.1 Å². The number of benzene rings is 1. The van der Waals surface area contributed by atoms with Crippen LogP contribution in [0.4, 0.5) is 0 Å². The van der Waals surface area contributed by atoms with E-state index in [1.54, 1.807) is 0 Å². The lowest BCUT2D eigenvalue weighted by Crippen LogP contribution is -2.41. The third-order valence-electron chi connectivity index (χ3n) is 3.20. The van der Waals surface area contributed by atoms with Gasteiger partial charge in [0.25, 0.3) is 0 Å². The summed E-state index contributed by atoms with van der Waals surface area (Å²) in [6.07, 6.45) is 4.89. The van der Waals surface area contributed by atoms with Crippen molar-refractivity contribution in [2.24, 2.45) is 0 Å². The Morgan fingerprint density at radius 3 is 2.71 bits per heavy atom. The molecule has 1 aliphatic rings. The molecular weight excluding hydrogens is 234 g/mol. The van der Waals surface area contributed by atoms with Crippen molar-refractivity contribution in [1.29, 1.82) is 0 Å². The molecule has 1 aromatic carbocycles. The van der Waals surface area contributed by atoms with Gasteiger partial charge in [0, 0.05) is 18.0 Å². The highest BCUT2D eigenvalue weighted by atomic mass is 35.5. The third-order valence-corrected chi connectivity index (χ3v) is 3.72. The first-order chi connectivity index (χ1) is 8.36. The number of ether oxygens (including phenoxy) is 1. The Morgan fingerprint density at radius 2 is 1.94 bits per heavy atom. The molecule has 2 rings (SSSR count). The molecule has 1 saturated carbocycles. The highest BCUT2D eigenvalue weighted by Crippen LogP contribution is 2.22. The molecule has 0 heterocycles. The second kappa shape index (κ2) is 6.87. The normalized spacial score (nSPS) is 24.5. The Bertz CT molecular complexity index is 317. The van der Waals surface area contributed by atoms with E-state index in [4.69, 9.17) is 16.3 Å². The van der Waals surface area contributed by atoms with Gasteiger partial charge < -0.3 is 10.1 Å². The summed E-state index contributed by atoms with van der Waals surface area (Å²) in [5.74, 6) is 0.931. The summed E-state index contributed by atoms with van der Waals surface area (Å²) < 4.78 is 5.63. The van der Waals surface area contributed by atoms with Crippen LogP contribution in [-0.2, 0) is 0 Å². The molecule has 2 unspecified atom stereocenters. The molecule has 0 radical (unpaired) electrons. The zero-order valence-electron chi connectivity index (χ0n) is 10.1. The fourth-order valence-electron chi connectivity index (χ4n) is 2.25. The van der Waals surface area contributed by atoms with Gasteiger partial charge in [0.1, 0.15) is 12.4 Å². The number of hydrogen-bond acceptors (Lipinski definition) is 2. The molecule has 1 N–H and O–H groups in total. The number of hydrogen-bond donors (Lipinski definition) is 1. The molecule has 17 heavy (non-hydrogen) atoms. The molecule has 0 amide bonds. The van der Waals surface area contributed by atoms with Crippen LogP contribution in [-0.4, -0.2) is 24.6 Å². The van der Waals surface area contributed by atoms with Gasteiger partial charge in [0.2, 0.25) is 0 Å². The summed E-state index contributed by atoms with van der Waals surface area (Å²) in [7, 11) is 0. The number of rotatable bonds is 5. The van der Waals surface area contributed by atoms with Crippen LogP contribution in [0.2, 0.25) is 0 Å². The van der Waals surface area contributed by atoms with Gasteiger partial charge in [0.15, 0.2) is 0 Å². The van der Waals surface area contributed by atoms with E-state index in [0.717, 1.165) is 18.7 Å². The van der Waals surface area contributed by atoms with Crippen LogP contribution in [0.3, 0.4) is 0 Å². The highest BCUT2D eigenvalue weighted by molar-refractivity contribution is 6.21. The van der Waals surface area contributed by atoms with E-state index >= 15 is 0 Å². The number of para-hydroxylation sites is 1. The Kier molecular flexibility index (Phi) is 5.14. The first-order valence-corrected chi connectivity index (χ1v) is 6.85. The predicted molar refractivity (Wildman–Crippen MR) is 71.8 cm³/mol. The minimum absolute atomic E-state index is 0.292. The topological polar surface area (TPSA) is 21.3 Å². The Balaban J connectivity index is 1.63. The van der Waals surface area contributed by atoms with Crippen LogP contribution in [0.25, 0.3) is 0 Å². The maximum absolute atomic E-state index is 6.28. The zero-order chi connectivity index (χ0) is 11.9. The molecule has 2 nitrogen and oxygen atoms in total. The van der Waals surface area contributed by atoms with Crippen molar-refractivity contribution in [1.82, 2.24) is 5.32 Å². The molecule has 0 aliphatic heterocycles. The second-order valence-corrected chi connectivity index (χ2v) is 5.08. The van der Waals surface area contributed by atoms with Gasteiger partial charge in [-0.2, -0.15) is 0 Å². The SMILES string of the molecule is ClC1CCCCC1NCCOc1ccccc1. The van der Waals surface area contributed by atoms with E-state index in [2.05, 4.69) is 5.32 Å². The van der Waals surface area contributed by atoms with E-state index in [9.17, 15) is 0 Å². The molecule has 0 spiro atoms. The summed E-state index contributed by atoms with van der Waals surface area (Å²) in [5, 5.41) is 3.78. The molecule has 3 heteroatoms. The van der Waals surface area contributed by atoms with Crippen molar-refractivity contribution >= 4 is 11.6 Å². The highest BCUT2D eigenvalue weighted by Gasteiger charge is 2.21.